The zero-order chi connectivity index (χ0) is 71.3. The Morgan fingerprint density at radius 1 is 0.772 bits per heavy atom. The molecule has 23 heteroatoms. The minimum atomic E-state index is -0.947. The van der Waals surface area contributed by atoms with Crippen LogP contribution >= 0.6 is 11.3 Å². The van der Waals surface area contributed by atoms with Gasteiger partial charge in [-0.25, -0.2) is 19.3 Å². The average Bonchev–Trinajstić information content (AvgIpc) is 1.56. The number of carbonyl (C=O) groups excluding carboxylic acids is 6. The first-order valence-corrected chi connectivity index (χ1v) is 37.1. The van der Waals surface area contributed by atoms with E-state index in [1.165, 1.54) is 36.3 Å². The Bertz CT molecular complexity index is 4250. The Morgan fingerprint density at radius 2 is 1.48 bits per heavy atom. The van der Waals surface area contributed by atoms with Gasteiger partial charge in [-0.1, -0.05) is 75.7 Å². The number of pyridine rings is 1. The third-order valence-corrected chi connectivity index (χ3v) is 22.8. The molecular weight excluding hydrogens is 1300 g/mol. The summed E-state index contributed by atoms with van der Waals surface area (Å²) in [7, 11) is 0. The molecule has 5 aliphatic heterocycles. The van der Waals surface area contributed by atoms with Crippen LogP contribution in [0.1, 0.15) is 157 Å². The molecule has 0 unspecified atom stereocenters. The van der Waals surface area contributed by atoms with Crippen LogP contribution in [0.15, 0.2) is 96.8 Å². The maximum Gasteiger partial charge on any atom is 0.251 e. The van der Waals surface area contributed by atoms with Gasteiger partial charge in [-0.3, -0.25) is 33.7 Å². The fourth-order valence-corrected chi connectivity index (χ4v) is 16.8. The first kappa shape index (κ1) is 70.8. The van der Waals surface area contributed by atoms with Crippen LogP contribution in [0.3, 0.4) is 0 Å². The van der Waals surface area contributed by atoms with Crippen LogP contribution < -0.4 is 31.1 Å². The molecule has 6 aliphatic rings. The first-order chi connectivity index (χ1) is 48.3. The molecule has 7 aromatic rings. The smallest absolute Gasteiger partial charge is 0.251 e. The van der Waals surface area contributed by atoms with Crippen molar-refractivity contribution >= 4 is 80.7 Å². The molecule has 3 aromatic heterocycles. The number of anilines is 4. The predicted octanol–water partition coefficient (Wildman–Crippen LogP) is 10.4. The monoisotopic (exact) mass is 1390 g/mol. The number of nitrogens with zero attached hydrogens (tertiary/aromatic N) is 10. The van der Waals surface area contributed by atoms with Crippen LogP contribution in [0, 0.1) is 25.1 Å². The third kappa shape index (κ3) is 14.6. The number of imidazole rings is 1. The van der Waals surface area contributed by atoms with Crippen molar-refractivity contribution in [3.63, 3.8) is 0 Å². The molecule has 1 saturated carbocycles. The molecule has 1 spiro atoms. The van der Waals surface area contributed by atoms with Crippen molar-refractivity contribution in [1.29, 1.82) is 0 Å². The van der Waals surface area contributed by atoms with E-state index in [9.17, 15) is 29.1 Å². The van der Waals surface area contributed by atoms with Crippen LogP contribution in [0.5, 0.6) is 0 Å². The number of aliphatic hydroxyl groups is 1. The number of piperazine rings is 1. The molecule has 21 nitrogen and oxygen atoms in total. The summed E-state index contributed by atoms with van der Waals surface area (Å²) < 4.78 is 18.0. The zero-order valence-corrected chi connectivity index (χ0v) is 60.8. The number of nitrogens with one attached hydrogen (secondary N) is 4. The third-order valence-electron chi connectivity index (χ3n) is 21.8. The fourth-order valence-electron chi connectivity index (χ4n) is 16.0. The van der Waals surface area contributed by atoms with Crippen molar-refractivity contribution < 1.29 is 38.3 Å². The Balaban J connectivity index is 0.636. The van der Waals surface area contributed by atoms with E-state index in [0.717, 1.165) is 75.7 Å². The minimum absolute atomic E-state index is 0.00248. The van der Waals surface area contributed by atoms with Gasteiger partial charge in [0.25, 0.3) is 5.91 Å². The number of thiazole rings is 1. The molecule has 8 heterocycles. The Morgan fingerprint density at radius 3 is 2.14 bits per heavy atom. The number of carbonyl (C=O) groups is 6. The summed E-state index contributed by atoms with van der Waals surface area (Å²) in [5.41, 5.74) is 10.7. The number of rotatable bonds is 19. The van der Waals surface area contributed by atoms with Crippen molar-refractivity contribution in [2.45, 2.75) is 181 Å². The lowest BCUT2D eigenvalue weighted by Crippen LogP contribution is -2.59. The standard InChI is InChI=1S/C78H97FN14O7S/c1-46(2)82-73(97)59-40-63(61(79)34-48(59)5)85-72-69-64(80-44-92(69)47(3)4)41-62(84-72)54-20-23-60-65(36-54)93(57-37-56(38-57)88-26-12-11-13-27-88)76(100)78(60)24-28-90(29-25-78)68(96)35-51-14-21-55(22-15-51)89-32-30-87(31-33-89)43-67(95)86-71(77(8,9)10)75(99)91-42-58(94)39-66(91)74(98)83-49(6)52-16-18-53(19-17-52)70-50(7)81-45-101-70/h14-23,34,36,40-41,44-47,49,56-58,66,71,94H,11-13,24-33,35,37-39,42-43H2,1-10H3,(H,82,97)(H,83,98)(H,84,85)(H,86,95)/t49-,56-,57+,58+,66-,71+/m0/s1. The van der Waals surface area contributed by atoms with Crippen LogP contribution in [-0.2, 0) is 35.8 Å². The Labute approximate surface area is 595 Å². The van der Waals surface area contributed by atoms with Crippen molar-refractivity contribution in [2.24, 2.45) is 5.41 Å². The molecule has 534 valence electrons. The van der Waals surface area contributed by atoms with E-state index in [0.29, 0.717) is 91.8 Å². The molecular formula is C78H97FN14O7S. The number of hydrogen-bond acceptors (Lipinski definition) is 15. The lowest BCUT2D eigenvalue weighted by Gasteiger charge is -2.48. The van der Waals surface area contributed by atoms with Crippen molar-refractivity contribution in [2.75, 3.05) is 80.6 Å². The number of hydrogen-bond donors (Lipinski definition) is 5. The van der Waals surface area contributed by atoms with Gasteiger partial charge in [0.15, 0.2) is 5.82 Å². The summed E-state index contributed by atoms with van der Waals surface area (Å²) in [6, 6.07) is 25.3. The van der Waals surface area contributed by atoms with E-state index < -0.39 is 40.7 Å². The van der Waals surface area contributed by atoms with E-state index in [1.54, 1.807) is 24.6 Å². The van der Waals surface area contributed by atoms with Crippen molar-refractivity contribution in [3.05, 3.63) is 136 Å². The van der Waals surface area contributed by atoms with Crippen LogP contribution in [0.25, 0.3) is 32.7 Å². The molecule has 101 heavy (non-hydrogen) atoms. The highest BCUT2D eigenvalue weighted by Crippen LogP contribution is 2.52. The summed E-state index contributed by atoms with van der Waals surface area (Å²) in [4.78, 5) is 113. The van der Waals surface area contributed by atoms with Gasteiger partial charge < -0.3 is 55.4 Å². The van der Waals surface area contributed by atoms with Gasteiger partial charge in [-0.15, -0.1) is 11.3 Å². The number of likely N-dealkylation sites (tertiary alicyclic amines) is 3. The van der Waals surface area contributed by atoms with Crippen molar-refractivity contribution in [3.8, 4) is 21.7 Å². The number of benzene rings is 4. The highest BCUT2D eigenvalue weighted by molar-refractivity contribution is 7.13. The second kappa shape index (κ2) is 29.0. The molecule has 1 aliphatic carbocycles. The van der Waals surface area contributed by atoms with E-state index in [4.69, 9.17) is 9.97 Å². The second-order valence-electron chi connectivity index (χ2n) is 30.6. The largest absolute Gasteiger partial charge is 0.391 e. The van der Waals surface area contributed by atoms with E-state index >= 15 is 9.18 Å². The van der Waals surface area contributed by atoms with Gasteiger partial charge in [0.05, 0.1) is 69.8 Å². The normalized spacial score (nSPS) is 20.9. The van der Waals surface area contributed by atoms with Gasteiger partial charge in [-0.05, 0) is 170 Å². The summed E-state index contributed by atoms with van der Waals surface area (Å²) in [5.74, 6) is -1.40. The average molecular weight is 1390 g/mol. The topological polar surface area (TPSA) is 234 Å². The lowest BCUT2D eigenvalue weighted by molar-refractivity contribution is -0.144. The summed E-state index contributed by atoms with van der Waals surface area (Å²) in [6.07, 6.45) is 7.59. The SMILES string of the molecule is Cc1cc(F)c(Nc2nc(-c3ccc4c(c3)N([C@H]3C[C@@H](N5CCCCC5)C3)C(=O)C43CCN(C(=O)Cc4ccc(N5CCN(CC(=O)N[C@H](C(=O)N6C[C@H](O)C[C@H]6C(=O)N[C@@H](C)c6ccc(-c7scnc7C)cc6)C(C)(C)C)CC5)cc4)CC3)cc3ncn(C(C)C)c23)cc1C(=O)NC(C)C. The number of aryl methyl sites for hydroxylation is 2. The van der Waals surface area contributed by atoms with Crippen molar-refractivity contribution in [1.82, 2.24) is 55.1 Å². The molecule has 5 fully saturated rings. The number of aromatic nitrogens is 4. The van der Waals surface area contributed by atoms with E-state index in [1.807, 2.05) is 138 Å². The van der Waals surface area contributed by atoms with Crippen LogP contribution in [0.2, 0.25) is 0 Å². The first-order valence-electron chi connectivity index (χ1n) is 36.2. The Kier molecular flexibility index (Phi) is 20.3. The van der Waals surface area contributed by atoms with Gasteiger partial charge in [0.1, 0.15) is 23.4 Å². The van der Waals surface area contributed by atoms with E-state index in [2.05, 4.69) is 58.0 Å². The molecule has 4 aromatic carbocycles. The summed E-state index contributed by atoms with van der Waals surface area (Å²) >= 11 is 1.58. The highest BCUT2D eigenvalue weighted by Gasteiger charge is 2.56. The number of halogens is 1. The number of fused-ring (bicyclic) bond motifs is 3. The summed E-state index contributed by atoms with van der Waals surface area (Å²) in [6.45, 7) is 24.7. The van der Waals surface area contributed by atoms with Gasteiger partial charge in [0.2, 0.25) is 29.5 Å². The van der Waals surface area contributed by atoms with Crippen LogP contribution in [-0.4, -0.2) is 181 Å². The predicted molar refractivity (Wildman–Crippen MR) is 393 cm³/mol. The Hall–Kier alpha value is -8.64. The molecule has 6 amide bonds. The second-order valence-corrected chi connectivity index (χ2v) is 31.5. The lowest BCUT2D eigenvalue weighted by atomic mass is 9.73. The number of amides is 6. The molecule has 0 radical (unpaired) electrons. The van der Waals surface area contributed by atoms with Gasteiger partial charge >= 0.3 is 0 Å². The molecule has 13 rings (SSSR count). The van der Waals surface area contributed by atoms with Crippen LogP contribution in [0.4, 0.5) is 27.3 Å². The quantitative estimate of drug-likeness (QED) is 0.0507. The maximum atomic E-state index is 16.0. The number of piperidine rings is 2. The molecule has 4 saturated heterocycles. The van der Waals surface area contributed by atoms with E-state index in [-0.39, 0.29) is 85.3 Å². The maximum absolute atomic E-state index is 16.0. The highest BCUT2D eigenvalue weighted by atomic mass is 32.1. The summed E-state index contributed by atoms with van der Waals surface area (Å²) in [5, 5.41) is 23.2. The number of aliphatic hydroxyl groups excluding tert-OH is 1. The minimum Gasteiger partial charge on any atom is -0.391 e. The van der Waals surface area contributed by atoms with Gasteiger partial charge in [-0.2, -0.15) is 0 Å². The molecule has 0 bridgehead atoms. The fraction of sp³-hybridized carbons (Fsp3) is 0.500. The zero-order valence-electron chi connectivity index (χ0n) is 59.9. The molecule has 5 N–H and O–H groups in total. The molecule has 4 atom stereocenters. The van der Waals surface area contributed by atoms with Gasteiger partial charge in [0, 0.05) is 98.9 Å². The number of β-amino-alcohol motifs (C(OH)–C–C–N with tert-alkyl or cyclic N) is 1.